The van der Waals surface area contributed by atoms with Crippen LogP contribution in [0.15, 0.2) is 0 Å². The monoisotopic (exact) mass is 269 g/mol. The molecular weight excluding hydrogens is 238 g/mol. The molecule has 1 aliphatic heterocycles. The number of aliphatic hydroxyl groups excluding tert-OH is 1. The minimum atomic E-state index is -0.103. The topological polar surface area (TPSA) is 32.7 Å². The van der Waals surface area contributed by atoms with Gasteiger partial charge in [0, 0.05) is 18.6 Å². The molecule has 0 aromatic carbocycles. The maximum atomic E-state index is 10.3. The zero-order valence-corrected chi connectivity index (χ0v) is 13.1. The largest absolute Gasteiger partial charge is 0.393 e. The van der Waals surface area contributed by atoms with Crippen LogP contribution in [0.25, 0.3) is 0 Å². The molecular formula is C16H31NO2. The van der Waals surface area contributed by atoms with E-state index >= 15 is 0 Å². The molecule has 1 N–H and O–H groups in total. The van der Waals surface area contributed by atoms with Crippen molar-refractivity contribution in [1.82, 2.24) is 4.90 Å². The van der Waals surface area contributed by atoms with Gasteiger partial charge in [-0.05, 0) is 50.9 Å². The van der Waals surface area contributed by atoms with Gasteiger partial charge in [-0.15, -0.1) is 0 Å². The Morgan fingerprint density at radius 3 is 2.68 bits per heavy atom. The molecule has 2 rings (SSSR count). The minimum absolute atomic E-state index is 0.103. The molecule has 1 saturated heterocycles. The first-order valence-corrected chi connectivity index (χ1v) is 7.91. The Labute approximate surface area is 118 Å². The molecule has 19 heavy (non-hydrogen) atoms. The molecule has 0 aromatic rings. The molecule has 2 aliphatic rings. The highest BCUT2D eigenvalue weighted by atomic mass is 16.5. The zero-order chi connectivity index (χ0) is 14.0. The van der Waals surface area contributed by atoms with Gasteiger partial charge >= 0.3 is 0 Å². The highest BCUT2D eigenvalue weighted by Gasteiger charge is 2.36. The van der Waals surface area contributed by atoms with E-state index in [2.05, 4.69) is 32.6 Å². The van der Waals surface area contributed by atoms with Crippen LogP contribution in [0.5, 0.6) is 0 Å². The van der Waals surface area contributed by atoms with Crippen molar-refractivity contribution in [2.24, 2.45) is 17.8 Å². The van der Waals surface area contributed by atoms with Crippen LogP contribution in [0, 0.1) is 17.8 Å². The van der Waals surface area contributed by atoms with Crippen molar-refractivity contribution < 1.29 is 9.84 Å². The van der Waals surface area contributed by atoms with Crippen molar-refractivity contribution in [2.75, 3.05) is 26.3 Å². The van der Waals surface area contributed by atoms with Gasteiger partial charge in [-0.3, -0.25) is 4.90 Å². The number of hydrogen-bond donors (Lipinski definition) is 1. The molecule has 0 bridgehead atoms. The van der Waals surface area contributed by atoms with Gasteiger partial charge in [-0.25, -0.2) is 0 Å². The van der Waals surface area contributed by atoms with Gasteiger partial charge in [0.05, 0.1) is 19.3 Å². The molecule has 3 unspecified atom stereocenters. The zero-order valence-electron chi connectivity index (χ0n) is 13.1. The van der Waals surface area contributed by atoms with Gasteiger partial charge in [0.15, 0.2) is 0 Å². The summed E-state index contributed by atoms with van der Waals surface area (Å²) in [5, 5.41) is 10.3. The number of rotatable bonds is 3. The van der Waals surface area contributed by atoms with Crippen LogP contribution in [-0.2, 0) is 4.74 Å². The van der Waals surface area contributed by atoms with E-state index < -0.39 is 0 Å². The van der Waals surface area contributed by atoms with E-state index in [4.69, 9.17) is 4.74 Å². The number of nitrogens with zero attached hydrogens (tertiary/aromatic N) is 1. The maximum absolute atomic E-state index is 10.3. The van der Waals surface area contributed by atoms with Crippen molar-refractivity contribution in [2.45, 2.75) is 58.6 Å². The first kappa shape index (κ1) is 15.3. The third-order valence-electron chi connectivity index (χ3n) is 5.20. The normalized spacial score (nSPS) is 36.6. The van der Waals surface area contributed by atoms with E-state index in [0.29, 0.717) is 5.92 Å². The summed E-state index contributed by atoms with van der Waals surface area (Å²) < 4.78 is 5.59. The Bertz CT molecular complexity index is 290. The maximum Gasteiger partial charge on any atom is 0.0645 e. The van der Waals surface area contributed by atoms with Gasteiger partial charge in [0.25, 0.3) is 0 Å². The third kappa shape index (κ3) is 3.71. The van der Waals surface area contributed by atoms with Crippen LogP contribution in [-0.4, -0.2) is 48.0 Å². The number of ether oxygens (including phenoxy) is 1. The summed E-state index contributed by atoms with van der Waals surface area (Å²) in [4.78, 5) is 2.52. The van der Waals surface area contributed by atoms with E-state index in [9.17, 15) is 5.11 Å². The van der Waals surface area contributed by atoms with Gasteiger partial charge in [0.2, 0.25) is 0 Å². The van der Waals surface area contributed by atoms with Crippen LogP contribution in [0.4, 0.5) is 0 Å². The fourth-order valence-corrected chi connectivity index (χ4v) is 3.60. The van der Waals surface area contributed by atoms with Crippen LogP contribution in [0.2, 0.25) is 0 Å². The Balaban J connectivity index is 1.96. The van der Waals surface area contributed by atoms with E-state index in [1.807, 2.05) is 0 Å². The van der Waals surface area contributed by atoms with Gasteiger partial charge in [-0.1, -0.05) is 13.8 Å². The predicted octanol–water partition coefficient (Wildman–Crippen LogP) is 2.53. The second-order valence-corrected chi connectivity index (χ2v) is 7.46. The van der Waals surface area contributed by atoms with Crippen molar-refractivity contribution in [3.8, 4) is 0 Å². The molecule has 1 heterocycles. The van der Waals surface area contributed by atoms with Crippen molar-refractivity contribution >= 4 is 0 Å². The second kappa shape index (κ2) is 6.11. The summed E-state index contributed by atoms with van der Waals surface area (Å²) in [7, 11) is 0. The van der Waals surface area contributed by atoms with E-state index in [1.54, 1.807) is 0 Å². The average molecular weight is 269 g/mol. The number of aliphatic hydroxyl groups is 1. The first-order chi connectivity index (χ1) is 8.90. The molecule has 1 aliphatic carbocycles. The second-order valence-electron chi connectivity index (χ2n) is 7.46. The smallest absolute Gasteiger partial charge is 0.0645 e. The molecule has 0 radical (unpaired) electrons. The Kier molecular flexibility index (Phi) is 4.91. The Hall–Kier alpha value is -0.120. The fourth-order valence-electron chi connectivity index (χ4n) is 3.60. The molecule has 112 valence electrons. The molecule has 3 nitrogen and oxygen atoms in total. The Morgan fingerprint density at radius 1 is 1.32 bits per heavy atom. The highest BCUT2D eigenvalue weighted by Crippen LogP contribution is 2.35. The van der Waals surface area contributed by atoms with E-state index in [-0.39, 0.29) is 11.6 Å². The summed E-state index contributed by atoms with van der Waals surface area (Å²) in [6.45, 7) is 12.8. The lowest BCUT2D eigenvalue weighted by atomic mass is 9.74. The van der Waals surface area contributed by atoms with Crippen molar-refractivity contribution in [3.63, 3.8) is 0 Å². The molecule has 1 saturated carbocycles. The lowest BCUT2D eigenvalue weighted by Crippen LogP contribution is -2.55. The standard InChI is InChI=1S/C16H31NO2/c1-12(2)13-5-6-15(18)14(9-13)10-17-7-8-19-11-16(17,3)4/h12-15,18H,5-11H2,1-4H3. The molecule has 0 amide bonds. The SMILES string of the molecule is CC(C)C1CCC(O)C(CN2CCOCC2(C)C)C1. The van der Waals surface area contributed by atoms with Gasteiger partial charge in [0.1, 0.15) is 0 Å². The summed E-state index contributed by atoms with van der Waals surface area (Å²) in [6, 6.07) is 0. The van der Waals surface area contributed by atoms with Crippen LogP contribution >= 0.6 is 0 Å². The number of hydrogen-bond acceptors (Lipinski definition) is 3. The van der Waals surface area contributed by atoms with Crippen LogP contribution in [0.1, 0.15) is 47.0 Å². The van der Waals surface area contributed by atoms with Crippen LogP contribution in [0.3, 0.4) is 0 Å². The average Bonchev–Trinajstić information content (AvgIpc) is 2.34. The molecule has 2 fully saturated rings. The van der Waals surface area contributed by atoms with Crippen LogP contribution < -0.4 is 0 Å². The van der Waals surface area contributed by atoms with E-state index in [1.165, 1.54) is 12.8 Å². The lowest BCUT2D eigenvalue weighted by molar-refractivity contribution is -0.0743. The van der Waals surface area contributed by atoms with Gasteiger partial charge in [-0.2, -0.15) is 0 Å². The van der Waals surface area contributed by atoms with Crippen molar-refractivity contribution in [1.29, 1.82) is 0 Å². The van der Waals surface area contributed by atoms with Crippen molar-refractivity contribution in [3.05, 3.63) is 0 Å². The summed E-state index contributed by atoms with van der Waals surface area (Å²) >= 11 is 0. The molecule has 3 atom stereocenters. The predicted molar refractivity (Wildman–Crippen MR) is 78.1 cm³/mol. The lowest BCUT2D eigenvalue weighted by Gasteiger charge is -2.46. The Morgan fingerprint density at radius 2 is 2.05 bits per heavy atom. The quantitative estimate of drug-likeness (QED) is 0.854. The summed E-state index contributed by atoms with van der Waals surface area (Å²) in [5.41, 5.74) is 0.114. The molecule has 3 heteroatoms. The van der Waals surface area contributed by atoms with Gasteiger partial charge < -0.3 is 9.84 Å². The number of morpholine rings is 1. The first-order valence-electron chi connectivity index (χ1n) is 7.91. The van der Waals surface area contributed by atoms with E-state index in [0.717, 1.165) is 44.6 Å². The fraction of sp³-hybridized carbons (Fsp3) is 1.00. The minimum Gasteiger partial charge on any atom is -0.393 e. The molecule has 0 aromatic heterocycles. The third-order valence-corrected chi connectivity index (χ3v) is 5.20. The molecule has 0 spiro atoms. The highest BCUT2D eigenvalue weighted by molar-refractivity contribution is 4.89. The summed E-state index contributed by atoms with van der Waals surface area (Å²) in [6.07, 6.45) is 3.26. The summed E-state index contributed by atoms with van der Waals surface area (Å²) in [5.74, 6) is 1.98.